The van der Waals surface area contributed by atoms with Gasteiger partial charge in [-0.25, -0.2) is 9.37 Å². The van der Waals surface area contributed by atoms with Gasteiger partial charge in [-0.1, -0.05) is 19.1 Å². The molecule has 1 atom stereocenters. The maximum atomic E-state index is 12.8. The van der Waals surface area contributed by atoms with Gasteiger partial charge in [-0.15, -0.1) is 5.10 Å². The van der Waals surface area contributed by atoms with E-state index in [0.717, 1.165) is 5.56 Å². The number of nitrogens with one attached hydrogen (secondary N) is 2. The van der Waals surface area contributed by atoms with Gasteiger partial charge in [0.15, 0.2) is 0 Å². The Kier molecular flexibility index (Phi) is 4.45. The van der Waals surface area contributed by atoms with E-state index in [-0.39, 0.29) is 23.6 Å². The van der Waals surface area contributed by atoms with Crippen molar-refractivity contribution in [1.29, 1.82) is 0 Å². The molecule has 1 aromatic heterocycles. The number of hydrogen-bond acceptors (Lipinski definition) is 3. The van der Waals surface area contributed by atoms with Crippen LogP contribution in [0, 0.1) is 5.82 Å². The van der Waals surface area contributed by atoms with Crippen molar-refractivity contribution in [2.45, 2.75) is 32.7 Å². The van der Waals surface area contributed by atoms with E-state index >= 15 is 0 Å². The predicted molar refractivity (Wildman–Crippen MR) is 72.8 cm³/mol. The van der Waals surface area contributed by atoms with Crippen LogP contribution in [0.3, 0.4) is 0 Å². The Hall–Kier alpha value is -2.24. The molecule has 0 saturated heterocycles. The van der Waals surface area contributed by atoms with Gasteiger partial charge in [0.05, 0.1) is 0 Å². The van der Waals surface area contributed by atoms with Crippen LogP contribution in [0.5, 0.6) is 0 Å². The van der Waals surface area contributed by atoms with Crippen LogP contribution >= 0.6 is 0 Å². The van der Waals surface area contributed by atoms with Crippen LogP contribution in [0.25, 0.3) is 0 Å². The number of aromatic nitrogens is 3. The molecule has 0 aliphatic rings. The summed E-state index contributed by atoms with van der Waals surface area (Å²) in [6.45, 7) is 3.81. The number of nitrogens with zero attached hydrogens (tertiary/aromatic N) is 2. The molecule has 5 nitrogen and oxygen atoms in total. The van der Waals surface area contributed by atoms with Crippen molar-refractivity contribution >= 4 is 5.91 Å². The van der Waals surface area contributed by atoms with E-state index in [0.29, 0.717) is 18.7 Å². The number of H-pyrrole nitrogens is 1. The van der Waals surface area contributed by atoms with Crippen molar-refractivity contribution in [1.82, 2.24) is 20.5 Å². The minimum Gasteiger partial charge on any atom is -0.346 e. The monoisotopic (exact) mass is 276 g/mol. The third kappa shape index (κ3) is 3.63. The molecule has 2 rings (SSSR count). The molecule has 0 aliphatic carbocycles. The zero-order chi connectivity index (χ0) is 14.5. The summed E-state index contributed by atoms with van der Waals surface area (Å²) in [6, 6.07) is 6.15. The first-order valence-electron chi connectivity index (χ1n) is 6.55. The quantitative estimate of drug-likeness (QED) is 0.875. The van der Waals surface area contributed by atoms with Gasteiger partial charge in [-0.3, -0.25) is 9.89 Å². The molecule has 1 heterocycles. The summed E-state index contributed by atoms with van der Waals surface area (Å²) < 4.78 is 12.8. The van der Waals surface area contributed by atoms with Crippen LogP contribution in [-0.2, 0) is 12.8 Å². The maximum absolute atomic E-state index is 12.8. The van der Waals surface area contributed by atoms with Crippen molar-refractivity contribution < 1.29 is 9.18 Å². The summed E-state index contributed by atoms with van der Waals surface area (Å²) in [5, 5.41) is 9.38. The van der Waals surface area contributed by atoms with Crippen molar-refractivity contribution in [3.05, 3.63) is 47.3 Å². The van der Waals surface area contributed by atoms with Gasteiger partial charge in [0, 0.05) is 12.5 Å². The Balaban J connectivity index is 1.92. The maximum Gasteiger partial charge on any atom is 0.291 e. The Bertz CT molecular complexity index is 579. The topological polar surface area (TPSA) is 70.7 Å². The second-order valence-electron chi connectivity index (χ2n) is 4.66. The minimum absolute atomic E-state index is 0.0865. The van der Waals surface area contributed by atoms with Crippen molar-refractivity contribution in [2.24, 2.45) is 0 Å². The number of amides is 1. The largest absolute Gasteiger partial charge is 0.346 e. The summed E-state index contributed by atoms with van der Waals surface area (Å²) in [4.78, 5) is 16.0. The van der Waals surface area contributed by atoms with E-state index in [1.807, 2.05) is 13.8 Å². The Morgan fingerprint density at radius 2 is 2.10 bits per heavy atom. The lowest BCUT2D eigenvalue weighted by Gasteiger charge is -2.12. The first-order valence-corrected chi connectivity index (χ1v) is 6.55. The molecule has 0 bridgehead atoms. The van der Waals surface area contributed by atoms with Crippen LogP contribution in [0.15, 0.2) is 24.3 Å². The van der Waals surface area contributed by atoms with E-state index in [9.17, 15) is 9.18 Å². The number of rotatable bonds is 5. The third-order valence-electron chi connectivity index (χ3n) is 2.90. The second kappa shape index (κ2) is 6.27. The molecule has 2 aromatic rings. The highest BCUT2D eigenvalue weighted by atomic mass is 19.1. The normalized spacial score (nSPS) is 12.2. The Morgan fingerprint density at radius 1 is 1.40 bits per heavy atom. The highest BCUT2D eigenvalue weighted by Gasteiger charge is 2.14. The summed E-state index contributed by atoms with van der Waals surface area (Å²) in [7, 11) is 0. The number of hydrogen-bond donors (Lipinski definition) is 2. The average Bonchev–Trinajstić information content (AvgIpc) is 2.90. The van der Waals surface area contributed by atoms with Crippen molar-refractivity contribution in [3.63, 3.8) is 0 Å². The molecule has 2 N–H and O–H groups in total. The zero-order valence-corrected chi connectivity index (χ0v) is 11.5. The van der Waals surface area contributed by atoms with Gasteiger partial charge in [0.1, 0.15) is 11.6 Å². The molecule has 0 saturated carbocycles. The standard InChI is InChI=1S/C14H17FN4O/c1-3-12-17-13(19-18-12)14(20)16-9(2)8-10-4-6-11(15)7-5-10/h4-7,9H,3,8H2,1-2H3,(H,16,20)(H,17,18,19). The molecule has 20 heavy (non-hydrogen) atoms. The van der Waals surface area contributed by atoms with Crippen LogP contribution in [0.1, 0.15) is 35.9 Å². The average molecular weight is 276 g/mol. The van der Waals surface area contributed by atoms with Crippen molar-refractivity contribution in [3.8, 4) is 0 Å². The summed E-state index contributed by atoms with van der Waals surface area (Å²) in [6.07, 6.45) is 1.32. The summed E-state index contributed by atoms with van der Waals surface area (Å²) >= 11 is 0. The minimum atomic E-state index is -0.310. The first-order chi connectivity index (χ1) is 9.58. The third-order valence-corrected chi connectivity index (χ3v) is 2.90. The lowest BCUT2D eigenvalue weighted by molar-refractivity contribution is 0.0930. The molecular weight excluding hydrogens is 259 g/mol. The molecule has 1 aromatic carbocycles. The smallest absolute Gasteiger partial charge is 0.291 e. The van der Waals surface area contributed by atoms with Gasteiger partial charge in [0.2, 0.25) is 5.82 Å². The van der Waals surface area contributed by atoms with Crippen LogP contribution in [0.4, 0.5) is 4.39 Å². The Morgan fingerprint density at radius 3 is 2.70 bits per heavy atom. The molecule has 6 heteroatoms. The number of aryl methyl sites for hydroxylation is 1. The molecule has 1 unspecified atom stereocenters. The van der Waals surface area contributed by atoms with Crippen LogP contribution < -0.4 is 5.32 Å². The fourth-order valence-corrected chi connectivity index (χ4v) is 1.87. The highest BCUT2D eigenvalue weighted by molar-refractivity contribution is 5.90. The molecule has 0 aliphatic heterocycles. The van der Waals surface area contributed by atoms with Gasteiger partial charge in [0.25, 0.3) is 5.91 Å². The number of benzene rings is 1. The summed E-state index contributed by atoms with van der Waals surface area (Å²) in [5.41, 5.74) is 0.962. The SMILES string of the molecule is CCc1nc(C(=O)NC(C)Cc2ccc(F)cc2)n[nH]1. The summed E-state index contributed by atoms with van der Waals surface area (Å²) in [5.74, 6) is 0.253. The number of aromatic amines is 1. The van der Waals surface area contributed by atoms with E-state index in [4.69, 9.17) is 0 Å². The molecule has 0 radical (unpaired) electrons. The van der Waals surface area contributed by atoms with Gasteiger partial charge in [-0.2, -0.15) is 0 Å². The molecule has 0 spiro atoms. The predicted octanol–water partition coefficient (Wildman–Crippen LogP) is 1.87. The van der Waals surface area contributed by atoms with Gasteiger partial charge in [-0.05, 0) is 31.0 Å². The lowest BCUT2D eigenvalue weighted by Crippen LogP contribution is -2.34. The zero-order valence-electron chi connectivity index (χ0n) is 11.5. The van der Waals surface area contributed by atoms with E-state index in [1.165, 1.54) is 12.1 Å². The van der Waals surface area contributed by atoms with Crippen molar-refractivity contribution in [2.75, 3.05) is 0 Å². The molecular formula is C14H17FN4O. The molecule has 106 valence electrons. The van der Waals surface area contributed by atoms with Crippen LogP contribution in [0.2, 0.25) is 0 Å². The van der Waals surface area contributed by atoms with E-state index in [1.54, 1.807) is 12.1 Å². The van der Waals surface area contributed by atoms with E-state index < -0.39 is 0 Å². The van der Waals surface area contributed by atoms with Crippen LogP contribution in [-0.4, -0.2) is 27.1 Å². The lowest BCUT2D eigenvalue weighted by atomic mass is 10.1. The first kappa shape index (κ1) is 14.2. The molecule has 1 amide bonds. The number of halogens is 1. The molecule has 0 fully saturated rings. The number of carbonyl (C=O) groups is 1. The highest BCUT2D eigenvalue weighted by Crippen LogP contribution is 2.06. The second-order valence-corrected chi connectivity index (χ2v) is 4.66. The Labute approximate surface area is 116 Å². The fraction of sp³-hybridized carbons (Fsp3) is 0.357. The fourth-order valence-electron chi connectivity index (χ4n) is 1.87. The number of carbonyl (C=O) groups excluding carboxylic acids is 1. The van der Waals surface area contributed by atoms with E-state index in [2.05, 4.69) is 20.5 Å². The van der Waals surface area contributed by atoms with Gasteiger partial charge >= 0.3 is 0 Å². The van der Waals surface area contributed by atoms with Gasteiger partial charge < -0.3 is 5.32 Å².